The Hall–Kier alpha value is -1.83. The first kappa shape index (κ1) is 11.6. The van der Waals surface area contributed by atoms with Gasteiger partial charge >= 0.3 is 0 Å². The Bertz CT molecular complexity index is 503. The fourth-order valence-electron chi connectivity index (χ4n) is 1.73. The molecule has 0 atom stereocenters. The summed E-state index contributed by atoms with van der Waals surface area (Å²) in [6.07, 6.45) is 0. The molecule has 0 unspecified atom stereocenters. The van der Waals surface area contributed by atoms with E-state index >= 15 is 0 Å². The van der Waals surface area contributed by atoms with Crippen LogP contribution in [0.5, 0.6) is 0 Å². The van der Waals surface area contributed by atoms with Crippen molar-refractivity contribution in [2.45, 2.75) is 20.4 Å². The Morgan fingerprint density at radius 3 is 2.35 bits per heavy atom. The number of anilines is 1. The number of benzene rings is 2. The lowest BCUT2D eigenvalue weighted by molar-refractivity contribution is 0.627. The maximum absolute atomic E-state index is 12.9. The molecule has 0 bridgehead atoms. The van der Waals surface area contributed by atoms with Crippen LogP contribution in [0.25, 0.3) is 0 Å². The molecule has 1 N–H and O–H groups in total. The molecule has 0 aliphatic rings. The zero-order valence-electron chi connectivity index (χ0n) is 10.1. The van der Waals surface area contributed by atoms with Gasteiger partial charge in [-0.2, -0.15) is 0 Å². The Morgan fingerprint density at radius 1 is 1.00 bits per heavy atom. The van der Waals surface area contributed by atoms with Crippen molar-refractivity contribution in [3.8, 4) is 0 Å². The quantitative estimate of drug-likeness (QED) is 0.837. The SMILES string of the molecule is Cc1ccc(CNc2ccc(F)cc2C)cc1. The van der Waals surface area contributed by atoms with E-state index in [0.717, 1.165) is 17.8 Å². The van der Waals surface area contributed by atoms with Crippen molar-refractivity contribution in [2.75, 3.05) is 5.32 Å². The van der Waals surface area contributed by atoms with E-state index in [9.17, 15) is 4.39 Å². The average molecular weight is 229 g/mol. The van der Waals surface area contributed by atoms with Gasteiger partial charge in [-0.1, -0.05) is 29.8 Å². The minimum absolute atomic E-state index is 0.191. The molecule has 88 valence electrons. The second-order valence-corrected chi connectivity index (χ2v) is 4.30. The molecule has 0 radical (unpaired) electrons. The lowest BCUT2D eigenvalue weighted by atomic mass is 10.1. The molecule has 0 aromatic heterocycles. The first-order valence-corrected chi connectivity index (χ1v) is 5.71. The zero-order valence-corrected chi connectivity index (χ0v) is 10.1. The number of nitrogens with one attached hydrogen (secondary N) is 1. The van der Waals surface area contributed by atoms with Crippen LogP contribution in [0, 0.1) is 19.7 Å². The monoisotopic (exact) mass is 229 g/mol. The summed E-state index contributed by atoms with van der Waals surface area (Å²) in [4.78, 5) is 0. The molecule has 0 saturated carbocycles. The van der Waals surface area contributed by atoms with Crippen LogP contribution in [0.4, 0.5) is 10.1 Å². The van der Waals surface area contributed by atoms with E-state index in [-0.39, 0.29) is 5.82 Å². The third kappa shape index (κ3) is 3.06. The second kappa shape index (κ2) is 5.00. The van der Waals surface area contributed by atoms with Crippen molar-refractivity contribution in [1.82, 2.24) is 0 Å². The molecule has 2 aromatic rings. The molecule has 0 aliphatic heterocycles. The van der Waals surface area contributed by atoms with Crippen molar-refractivity contribution in [3.05, 3.63) is 65.0 Å². The molecule has 0 amide bonds. The van der Waals surface area contributed by atoms with Crippen LogP contribution in [0.15, 0.2) is 42.5 Å². The molecule has 2 heteroatoms. The highest BCUT2D eigenvalue weighted by atomic mass is 19.1. The summed E-state index contributed by atoms with van der Waals surface area (Å²) in [6, 6.07) is 13.2. The van der Waals surface area contributed by atoms with E-state index in [1.165, 1.54) is 23.3 Å². The van der Waals surface area contributed by atoms with E-state index in [0.29, 0.717) is 0 Å². The Kier molecular flexibility index (Phi) is 3.43. The predicted molar refractivity (Wildman–Crippen MR) is 69.6 cm³/mol. The predicted octanol–water partition coefficient (Wildman–Crippen LogP) is 4.05. The third-order valence-electron chi connectivity index (χ3n) is 2.79. The molecule has 0 fully saturated rings. The molecule has 2 rings (SSSR count). The number of aryl methyl sites for hydroxylation is 2. The lowest BCUT2D eigenvalue weighted by Gasteiger charge is -2.09. The summed E-state index contributed by atoms with van der Waals surface area (Å²) in [5.74, 6) is -0.191. The normalized spacial score (nSPS) is 10.3. The Morgan fingerprint density at radius 2 is 1.71 bits per heavy atom. The molecule has 0 aliphatic carbocycles. The van der Waals surface area contributed by atoms with Gasteiger partial charge in [0.15, 0.2) is 0 Å². The molecule has 1 nitrogen and oxygen atoms in total. The summed E-state index contributed by atoms with van der Waals surface area (Å²) >= 11 is 0. The van der Waals surface area contributed by atoms with E-state index < -0.39 is 0 Å². The van der Waals surface area contributed by atoms with Gasteiger partial charge in [0, 0.05) is 12.2 Å². The molecular weight excluding hydrogens is 213 g/mol. The van der Waals surface area contributed by atoms with Gasteiger partial charge in [-0.25, -0.2) is 4.39 Å². The van der Waals surface area contributed by atoms with Gasteiger partial charge in [-0.05, 0) is 43.2 Å². The van der Waals surface area contributed by atoms with Crippen molar-refractivity contribution in [3.63, 3.8) is 0 Å². The van der Waals surface area contributed by atoms with Crippen LogP contribution >= 0.6 is 0 Å². The van der Waals surface area contributed by atoms with Crippen LogP contribution in [-0.2, 0) is 6.54 Å². The first-order valence-electron chi connectivity index (χ1n) is 5.71. The summed E-state index contributed by atoms with van der Waals surface area (Å²) in [6.45, 7) is 4.73. The van der Waals surface area contributed by atoms with Gasteiger partial charge < -0.3 is 5.32 Å². The Labute approximate surface area is 101 Å². The first-order chi connectivity index (χ1) is 8.15. The molecule has 2 aromatic carbocycles. The van der Waals surface area contributed by atoms with Crippen molar-refractivity contribution >= 4 is 5.69 Å². The van der Waals surface area contributed by atoms with Gasteiger partial charge in [0.1, 0.15) is 5.82 Å². The largest absolute Gasteiger partial charge is 0.381 e. The van der Waals surface area contributed by atoms with E-state index in [4.69, 9.17) is 0 Å². The molecule has 0 saturated heterocycles. The topological polar surface area (TPSA) is 12.0 Å². The van der Waals surface area contributed by atoms with Gasteiger partial charge in [-0.3, -0.25) is 0 Å². The fourth-order valence-corrected chi connectivity index (χ4v) is 1.73. The van der Waals surface area contributed by atoms with Gasteiger partial charge in [0.25, 0.3) is 0 Å². The average Bonchev–Trinajstić information content (AvgIpc) is 2.30. The van der Waals surface area contributed by atoms with Gasteiger partial charge in [0.05, 0.1) is 0 Å². The number of hydrogen-bond donors (Lipinski definition) is 1. The smallest absolute Gasteiger partial charge is 0.123 e. The lowest BCUT2D eigenvalue weighted by Crippen LogP contribution is -2.01. The highest BCUT2D eigenvalue weighted by molar-refractivity contribution is 5.50. The van der Waals surface area contributed by atoms with Crippen molar-refractivity contribution in [1.29, 1.82) is 0 Å². The van der Waals surface area contributed by atoms with Crippen LogP contribution in [0.1, 0.15) is 16.7 Å². The minimum atomic E-state index is -0.191. The maximum Gasteiger partial charge on any atom is 0.123 e. The van der Waals surface area contributed by atoms with E-state index in [1.54, 1.807) is 6.07 Å². The second-order valence-electron chi connectivity index (χ2n) is 4.30. The summed E-state index contributed by atoms with van der Waals surface area (Å²) in [5.41, 5.74) is 4.38. The minimum Gasteiger partial charge on any atom is -0.381 e. The fraction of sp³-hybridized carbons (Fsp3) is 0.200. The third-order valence-corrected chi connectivity index (χ3v) is 2.79. The van der Waals surface area contributed by atoms with Gasteiger partial charge in [-0.15, -0.1) is 0 Å². The highest BCUT2D eigenvalue weighted by Gasteiger charge is 1.99. The standard InChI is InChI=1S/C15H16FN/c1-11-3-5-13(6-4-11)10-17-15-8-7-14(16)9-12(15)2/h3-9,17H,10H2,1-2H3. The highest BCUT2D eigenvalue weighted by Crippen LogP contribution is 2.16. The number of halogens is 1. The Balaban J connectivity index is 2.04. The van der Waals surface area contributed by atoms with E-state index in [1.807, 2.05) is 6.92 Å². The van der Waals surface area contributed by atoms with E-state index in [2.05, 4.69) is 36.5 Å². The number of rotatable bonds is 3. The zero-order chi connectivity index (χ0) is 12.3. The molecule has 17 heavy (non-hydrogen) atoms. The van der Waals surface area contributed by atoms with Gasteiger partial charge in [0.2, 0.25) is 0 Å². The van der Waals surface area contributed by atoms with Crippen molar-refractivity contribution < 1.29 is 4.39 Å². The molecular formula is C15H16FN. The molecule has 0 spiro atoms. The summed E-state index contributed by atoms with van der Waals surface area (Å²) in [7, 11) is 0. The summed E-state index contributed by atoms with van der Waals surface area (Å²) < 4.78 is 12.9. The van der Waals surface area contributed by atoms with Crippen LogP contribution in [0.3, 0.4) is 0 Å². The van der Waals surface area contributed by atoms with Crippen LogP contribution < -0.4 is 5.32 Å². The number of hydrogen-bond acceptors (Lipinski definition) is 1. The summed E-state index contributed by atoms with van der Waals surface area (Å²) in [5, 5.41) is 3.31. The maximum atomic E-state index is 12.9. The van der Waals surface area contributed by atoms with Crippen LogP contribution in [0.2, 0.25) is 0 Å². The van der Waals surface area contributed by atoms with Crippen LogP contribution in [-0.4, -0.2) is 0 Å². The molecule has 0 heterocycles. The van der Waals surface area contributed by atoms with Crippen molar-refractivity contribution in [2.24, 2.45) is 0 Å².